The number of carbonyl (C=O) groups excluding carboxylic acids is 1. The Labute approximate surface area is 181 Å². The molecule has 1 amide bonds. The highest BCUT2D eigenvalue weighted by Gasteiger charge is 2.27. The van der Waals surface area contributed by atoms with E-state index in [1.165, 1.54) is 12.1 Å². The van der Waals surface area contributed by atoms with Gasteiger partial charge in [0.05, 0.1) is 17.2 Å². The molecule has 0 aromatic heterocycles. The Morgan fingerprint density at radius 1 is 0.968 bits per heavy atom. The molecule has 0 saturated heterocycles. The molecule has 3 aromatic carbocycles. The first-order valence-corrected chi connectivity index (χ1v) is 11.2. The second-order valence-corrected chi connectivity index (χ2v) is 8.52. The molecule has 0 aliphatic carbocycles. The van der Waals surface area contributed by atoms with Crippen molar-refractivity contribution in [1.82, 2.24) is 5.32 Å². The summed E-state index contributed by atoms with van der Waals surface area (Å²) in [5.41, 5.74) is 1.19. The second-order valence-electron chi connectivity index (χ2n) is 6.65. The highest BCUT2D eigenvalue weighted by molar-refractivity contribution is 7.92. The summed E-state index contributed by atoms with van der Waals surface area (Å²) >= 11 is 0. The van der Waals surface area contributed by atoms with Crippen LogP contribution in [0.4, 0.5) is 10.1 Å². The van der Waals surface area contributed by atoms with Gasteiger partial charge in [-0.25, -0.2) is 12.8 Å². The molecule has 0 aliphatic heterocycles. The number of nitrogens with one attached hydrogen (secondary N) is 1. The van der Waals surface area contributed by atoms with Gasteiger partial charge in [0.1, 0.15) is 18.1 Å². The summed E-state index contributed by atoms with van der Waals surface area (Å²) < 4.78 is 46.0. The normalized spacial score (nSPS) is 11.0. The fraction of sp³-hybridized carbons (Fsp3) is 0.174. The summed E-state index contributed by atoms with van der Waals surface area (Å²) in [5.74, 6) is -0.278. The van der Waals surface area contributed by atoms with Gasteiger partial charge in [-0.1, -0.05) is 30.3 Å². The molecule has 0 unspecified atom stereocenters. The molecule has 0 saturated carbocycles. The van der Waals surface area contributed by atoms with Crippen molar-refractivity contribution in [2.24, 2.45) is 0 Å². The van der Waals surface area contributed by atoms with Gasteiger partial charge < -0.3 is 10.1 Å². The zero-order chi connectivity index (χ0) is 22.3. The van der Waals surface area contributed by atoms with Crippen molar-refractivity contribution in [3.63, 3.8) is 0 Å². The van der Waals surface area contributed by atoms with Gasteiger partial charge in [0.2, 0.25) is 5.91 Å². The van der Waals surface area contributed by atoms with Gasteiger partial charge in [0.15, 0.2) is 0 Å². The molecule has 8 heteroatoms. The van der Waals surface area contributed by atoms with Crippen molar-refractivity contribution >= 4 is 21.6 Å². The topological polar surface area (TPSA) is 75.7 Å². The number of para-hydroxylation sites is 1. The number of rotatable bonds is 9. The van der Waals surface area contributed by atoms with Crippen LogP contribution in [0.15, 0.2) is 83.8 Å². The van der Waals surface area contributed by atoms with Crippen molar-refractivity contribution in [2.75, 3.05) is 17.5 Å². The maximum atomic E-state index is 13.3. The molecule has 31 heavy (non-hydrogen) atoms. The predicted molar refractivity (Wildman–Crippen MR) is 117 cm³/mol. The number of ether oxygens (including phenoxy) is 1. The maximum absolute atomic E-state index is 13.3. The van der Waals surface area contributed by atoms with Crippen LogP contribution in [0.25, 0.3) is 0 Å². The summed E-state index contributed by atoms with van der Waals surface area (Å²) in [6, 6.07) is 20.1. The van der Waals surface area contributed by atoms with Crippen LogP contribution < -0.4 is 14.4 Å². The fourth-order valence-corrected chi connectivity index (χ4v) is 4.32. The minimum absolute atomic E-state index is 0.0999. The Hall–Kier alpha value is -3.39. The van der Waals surface area contributed by atoms with Crippen LogP contribution in [0.5, 0.6) is 5.75 Å². The lowest BCUT2D eigenvalue weighted by molar-refractivity contribution is -0.119. The van der Waals surface area contributed by atoms with Crippen molar-refractivity contribution in [3.05, 3.63) is 90.2 Å². The minimum atomic E-state index is -4.07. The summed E-state index contributed by atoms with van der Waals surface area (Å²) in [4.78, 5) is 12.5. The molecule has 0 heterocycles. The maximum Gasteiger partial charge on any atom is 0.264 e. The van der Waals surface area contributed by atoms with Crippen LogP contribution in [-0.2, 0) is 21.4 Å². The van der Waals surface area contributed by atoms with E-state index in [1.54, 1.807) is 42.5 Å². The largest absolute Gasteiger partial charge is 0.494 e. The molecule has 162 valence electrons. The average Bonchev–Trinajstić information content (AvgIpc) is 2.78. The minimum Gasteiger partial charge on any atom is -0.494 e. The summed E-state index contributed by atoms with van der Waals surface area (Å²) in [6.45, 7) is 2.28. The third kappa shape index (κ3) is 5.82. The van der Waals surface area contributed by atoms with E-state index in [9.17, 15) is 17.6 Å². The smallest absolute Gasteiger partial charge is 0.264 e. The van der Waals surface area contributed by atoms with Gasteiger partial charge in [0, 0.05) is 6.54 Å². The van der Waals surface area contributed by atoms with E-state index < -0.39 is 28.3 Å². The average molecular weight is 443 g/mol. The van der Waals surface area contributed by atoms with Crippen molar-refractivity contribution in [2.45, 2.75) is 18.4 Å². The van der Waals surface area contributed by atoms with E-state index in [-0.39, 0.29) is 11.4 Å². The number of benzene rings is 3. The third-order valence-corrected chi connectivity index (χ3v) is 6.25. The van der Waals surface area contributed by atoms with Gasteiger partial charge in [-0.2, -0.15) is 0 Å². The third-order valence-electron chi connectivity index (χ3n) is 4.46. The van der Waals surface area contributed by atoms with Crippen LogP contribution >= 0.6 is 0 Å². The summed E-state index contributed by atoms with van der Waals surface area (Å²) in [7, 11) is -4.07. The van der Waals surface area contributed by atoms with Crippen LogP contribution in [0.3, 0.4) is 0 Å². The molecule has 3 aromatic rings. The predicted octanol–water partition coefficient (Wildman–Crippen LogP) is 3.74. The molecule has 1 N–H and O–H groups in total. The van der Waals surface area contributed by atoms with E-state index in [0.29, 0.717) is 12.3 Å². The first-order valence-electron chi connectivity index (χ1n) is 9.72. The number of hydrogen-bond donors (Lipinski definition) is 1. The molecule has 6 nitrogen and oxygen atoms in total. The number of halogens is 1. The van der Waals surface area contributed by atoms with Crippen LogP contribution in [0.2, 0.25) is 0 Å². The number of carbonyl (C=O) groups is 1. The Balaban J connectivity index is 1.76. The summed E-state index contributed by atoms with van der Waals surface area (Å²) in [5, 5.41) is 2.74. The molecular weight excluding hydrogens is 419 g/mol. The SMILES string of the molecule is CCOc1ccc(CNC(=O)CN(c2ccccc2)S(=O)(=O)c2ccc(F)cc2)cc1. The monoisotopic (exact) mass is 442 g/mol. The highest BCUT2D eigenvalue weighted by Crippen LogP contribution is 2.23. The van der Waals surface area contributed by atoms with Gasteiger partial charge >= 0.3 is 0 Å². The van der Waals surface area contributed by atoms with E-state index in [1.807, 2.05) is 19.1 Å². The van der Waals surface area contributed by atoms with Gasteiger partial charge in [-0.05, 0) is 61.0 Å². The Kier molecular flexibility index (Phi) is 7.25. The Bertz CT molecular complexity index is 1100. The molecule has 0 fully saturated rings. The molecule has 0 atom stereocenters. The summed E-state index contributed by atoms with van der Waals surface area (Å²) in [6.07, 6.45) is 0. The van der Waals surface area contributed by atoms with E-state index >= 15 is 0 Å². The van der Waals surface area contributed by atoms with Crippen LogP contribution in [0.1, 0.15) is 12.5 Å². The number of amides is 1. The second kappa shape index (κ2) is 10.1. The van der Waals surface area contributed by atoms with Crippen molar-refractivity contribution in [1.29, 1.82) is 0 Å². The van der Waals surface area contributed by atoms with Crippen LogP contribution in [-0.4, -0.2) is 27.5 Å². The number of nitrogens with zero attached hydrogens (tertiary/aromatic N) is 1. The number of hydrogen-bond acceptors (Lipinski definition) is 4. The molecule has 0 bridgehead atoms. The Morgan fingerprint density at radius 2 is 1.61 bits per heavy atom. The van der Waals surface area contributed by atoms with Crippen molar-refractivity contribution in [3.8, 4) is 5.75 Å². The van der Waals surface area contributed by atoms with Gasteiger partial charge in [-0.15, -0.1) is 0 Å². The van der Waals surface area contributed by atoms with Crippen LogP contribution in [0, 0.1) is 5.82 Å². The van der Waals surface area contributed by atoms with Gasteiger partial charge in [-0.3, -0.25) is 9.10 Å². The highest BCUT2D eigenvalue weighted by atomic mass is 32.2. The first-order chi connectivity index (χ1) is 14.9. The quantitative estimate of drug-likeness (QED) is 0.548. The lowest BCUT2D eigenvalue weighted by atomic mass is 10.2. The zero-order valence-corrected chi connectivity index (χ0v) is 17.8. The molecule has 0 spiro atoms. The van der Waals surface area contributed by atoms with E-state index in [0.717, 1.165) is 27.8 Å². The lowest BCUT2D eigenvalue weighted by Crippen LogP contribution is -2.40. The zero-order valence-electron chi connectivity index (χ0n) is 17.0. The molecule has 0 aliphatic rings. The lowest BCUT2D eigenvalue weighted by Gasteiger charge is -2.24. The van der Waals surface area contributed by atoms with Gasteiger partial charge in [0.25, 0.3) is 10.0 Å². The molecular formula is C23H23FN2O4S. The molecule has 3 rings (SSSR count). The van der Waals surface area contributed by atoms with Crippen molar-refractivity contribution < 1.29 is 22.3 Å². The molecule has 0 radical (unpaired) electrons. The fourth-order valence-electron chi connectivity index (χ4n) is 2.90. The number of sulfonamides is 1. The number of anilines is 1. The standard InChI is InChI=1S/C23H23FN2O4S/c1-2-30-21-12-8-18(9-13-21)16-25-23(27)17-26(20-6-4-3-5-7-20)31(28,29)22-14-10-19(24)11-15-22/h3-15H,2,16-17H2,1H3,(H,25,27). The Morgan fingerprint density at radius 3 is 2.23 bits per heavy atom. The van der Waals surface area contributed by atoms with E-state index in [4.69, 9.17) is 4.74 Å². The first kappa shape index (κ1) is 22.3. The van der Waals surface area contributed by atoms with E-state index in [2.05, 4.69) is 5.32 Å².